The van der Waals surface area contributed by atoms with Gasteiger partial charge in [0.15, 0.2) is 0 Å². The fraction of sp³-hybridized carbons (Fsp3) is 0.250. The molecule has 176 valence electrons. The molecule has 1 aromatic heterocycles. The monoisotopic (exact) mass is 480 g/mol. The average Bonchev–Trinajstić information content (AvgIpc) is 2.85. The van der Waals surface area contributed by atoms with Crippen LogP contribution in [0.2, 0.25) is 0 Å². The molecule has 4 rings (SSSR count). The molecule has 2 heterocycles. The fourth-order valence-corrected chi connectivity index (χ4v) is 5.78. The number of aryl methyl sites for hydroxylation is 1. The Balaban J connectivity index is 1.53. The molecule has 34 heavy (non-hydrogen) atoms. The highest BCUT2D eigenvalue weighted by Crippen LogP contribution is 2.35. The number of carbonyl (C=O) groups excluding carboxylic acids is 1. The minimum absolute atomic E-state index is 0.132. The van der Waals surface area contributed by atoms with Gasteiger partial charge in [0, 0.05) is 41.8 Å². The first-order valence-electron chi connectivity index (χ1n) is 10.9. The van der Waals surface area contributed by atoms with Gasteiger partial charge in [0.25, 0.3) is 11.6 Å². The van der Waals surface area contributed by atoms with E-state index in [1.54, 1.807) is 25.4 Å². The maximum Gasteiger partial charge on any atom is 0.273 e. The van der Waals surface area contributed by atoms with Crippen molar-refractivity contribution in [2.45, 2.75) is 37.1 Å². The zero-order valence-electron chi connectivity index (χ0n) is 18.5. The molecule has 1 saturated heterocycles. The molecule has 10 heteroatoms. The van der Waals surface area contributed by atoms with Crippen molar-refractivity contribution in [1.82, 2.24) is 9.29 Å². The van der Waals surface area contributed by atoms with E-state index < -0.39 is 20.9 Å². The molecular weight excluding hydrogens is 456 g/mol. The second-order valence-electron chi connectivity index (χ2n) is 8.15. The zero-order chi connectivity index (χ0) is 24.3. The van der Waals surface area contributed by atoms with E-state index in [-0.39, 0.29) is 22.2 Å². The summed E-state index contributed by atoms with van der Waals surface area (Å²) >= 11 is 0. The topological polar surface area (TPSA) is 123 Å². The van der Waals surface area contributed by atoms with Crippen LogP contribution in [0.1, 0.15) is 46.8 Å². The van der Waals surface area contributed by atoms with Crippen LogP contribution < -0.4 is 5.32 Å². The Bertz CT molecular complexity index is 1310. The van der Waals surface area contributed by atoms with Crippen LogP contribution >= 0.6 is 0 Å². The Morgan fingerprint density at radius 2 is 1.91 bits per heavy atom. The molecule has 0 spiro atoms. The molecule has 1 amide bonds. The number of carbonyl (C=O) groups is 1. The van der Waals surface area contributed by atoms with Crippen LogP contribution in [-0.4, -0.2) is 35.1 Å². The Kier molecular flexibility index (Phi) is 6.71. The van der Waals surface area contributed by atoms with Crippen molar-refractivity contribution in [1.29, 1.82) is 0 Å². The smallest absolute Gasteiger partial charge is 0.273 e. The number of benzene rings is 2. The molecule has 1 atom stereocenters. The summed E-state index contributed by atoms with van der Waals surface area (Å²) in [4.78, 5) is 27.4. The van der Waals surface area contributed by atoms with Crippen molar-refractivity contribution in [2.75, 3.05) is 11.9 Å². The molecule has 3 aromatic rings. The first-order valence-corrected chi connectivity index (χ1v) is 12.3. The summed E-state index contributed by atoms with van der Waals surface area (Å²) < 4.78 is 28.3. The SMILES string of the molecule is Cc1ccc(C(=O)Nc2ccc(S(=O)(=O)N3CCCC[C@@H]3c3cccnc3)cc2)cc1[N+](=O)[O-]. The van der Waals surface area contributed by atoms with Crippen molar-refractivity contribution in [3.05, 3.63) is 93.8 Å². The largest absolute Gasteiger partial charge is 0.322 e. The van der Waals surface area contributed by atoms with Gasteiger partial charge in [-0.3, -0.25) is 19.9 Å². The lowest BCUT2D eigenvalue weighted by molar-refractivity contribution is -0.385. The lowest BCUT2D eigenvalue weighted by Crippen LogP contribution is -2.38. The van der Waals surface area contributed by atoms with E-state index in [1.165, 1.54) is 46.8 Å². The second-order valence-corrected chi connectivity index (χ2v) is 10.0. The Labute approximate surface area is 197 Å². The number of nitrogens with zero attached hydrogens (tertiary/aromatic N) is 3. The van der Waals surface area contributed by atoms with Crippen LogP contribution in [0.4, 0.5) is 11.4 Å². The molecule has 0 aliphatic carbocycles. The van der Waals surface area contributed by atoms with Crippen LogP contribution in [0.3, 0.4) is 0 Å². The van der Waals surface area contributed by atoms with Gasteiger partial charge in [-0.15, -0.1) is 0 Å². The maximum absolute atomic E-state index is 13.4. The zero-order valence-corrected chi connectivity index (χ0v) is 19.4. The minimum atomic E-state index is -3.76. The predicted molar refractivity (Wildman–Crippen MR) is 127 cm³/mol. The number of nitro benzene ring substituents is 1. The first kappa shape index (κ1) is 23.5. The van der Waals surface area contributed by atoms with Crippen LogP contribution in [-0.2, 0) is 10.0 Å². The number of rotatable bonds is 6. The van der Waals surface area contributed by atoms with Crippen LogP contribution in [0.15, 0.2) is 71.9 Å². The van der Waals surface area contributed by atoms with E-state index >= 15 is 0 Å². The van der Waals surface area contributed by atoms with E-state index in [2.05, 4.69) is 10.3 Å². The number of sulfonamides is 1. The molecule has 1 aliphatic rings. The fourth-order valence-electron chi connectivity index (χ4n) is 4.10. The van der Waals surface area contributed by atoms with E-state index in [0.29, 0.717) is 17.8 Å². The third-order valence-corrected chi connectivity index (χ3v) is 7.83. The van der Waals surface area contributed by atoms with Gasteiger partial charge in [-0.2, -0.15) is 4.31 Å². The Morgan fingerprint density at radius 3 is 2.59 bits per heavy atom. The van der Waals surface area contributed by atoms with Crippen LogP contribution in [0, 0.1) is 17.0 Å². The van der Waals surface area contributed by atoms with Gasteiger partial charge in [-0.1, -0.05) is 18.6 Å². The number of aromatic nitrogens is 1. The summed E-state index contributed by atoms with van der Waals surface area (Å²) in [6, 6.07) is 13.6. The molecule has 0 radical (unpaired) electrons. The van der Waals surface area contributed by atoms with Gasteiger partial charge >= 0.3 is 0 Å². The highest BCUT2D eigenvalue weighted by Gasteiger charge is 2.34. The number of hydrogen-bond donors (Lipinski definition) is 1. The second kappa shape index (κ2) is 9.70. The summed E-state index contributed by atoms with van der Waals surface area (Å²) in [7, 11) is -3.76. The van der Waals surface area contributed by atoms with Crippen LogP contribution in [0.5, 0.6) is 0 Å². The number of nitrogens with one attached hydrogen (secondary N) is 1. The first-order chi connectivity index (χ1) is 16.3. The lowest BCUT2D eigenvalue weighted by atomic mass is 9.99. The van der Waals surface area contributed by atoms with Crippen molar-refractivity contribution < 1.29 is 18.1 Å². The number of anilines is 1. The van der Waals surface area contributed by atoms with Crippen molar-refractivity contribution in [2.24, 2.45) is 0 Å². The van der Waals surface area contributed by atoms with E-state index in [1.807, 2.05) is 6.07 Å². The molecule has 9 nitrogen and oxygen atoms in total. The summed E-state index contributed by atoms with van der Waals surface area (Å²) in [5, 5.41) is 13.8. The Hall–Kier alpha value is -3.63. The number of nitro groups is 1. The molecule has 1 fully saturated rings. The van der Waals surface area contributed by atoms with E-state index in [9.17, 15) is 23.3 Å². The van der Waals surface area contributed by atoms with E-state index in [4.69, 9.17) is 0 Å². The van der Waals surface area contributed by atoms with Crippen molar-refractivity contribution in [3.63, 3.8) is 0 Å². The third-order valence-electron chi connectivity index (χ3n) is 5.91. The standard InChI is InChI=1S/C24H24N4O5S/c1-17-7-8-18(15-23(17)28(30)31)24(29)26-20-9-11-21(12-10-20)34(32,33)27-14-3-2-6-22(27)19-5-4-13-25-16-19/h4-5,7-13,15-16,22H,2-3,6,14H2,1H3,(H,26,29)/t22-/m1/s1. The number of hydrogen-bond acceptors (Lipinski definition) is 6. The Morgan fingerprint density at radius 1 is 1.15 bits per heavy atom. The normalized spacial score (nSPS) is 16.7. The van der Waals surface area contributed by atoms with Gasteiger partial charge < -0.3 is 5.32 Å². The average molecular weight is 481 g/mol. The van der Waals surface area contributed by atoms with Gasteiger partial charge in [0.05, 0.1) is 15.9 Å². The molecule has 0 bridgehead atoms. The van der Waals surface area contributed by atoms with Crippen LogP contribution in [0.25, 0.3) is 0 Å². The molecule has 1 aliphatic heterocycles. The quantitative estimate of drug-likeness (QED) is 0.410. The lowest BCUT2D eigenvalue weighted by Gasteiger charge is -2.34. The van der Waals surface area contributed by atoms with Crippen molar-refractivity contribution in [3.8, 4) is 0 Å². The minimum Gasteiger partial charge on any atom is -0.322 e. The highest BCUT2D eigenvalue weighted by molar-refractivity contribution is 7.89. The maximum atomic E-state index is 13.4. The van der Waals surface area contributed by atoms with Crippen molar-refractivity contribution >= 4 is 27.3 Å². The molecule has 2 aromatic carbocycles. The van der Waals surface area contributed by atoms with E-state index in [0.717, 1.165) is 24.8 Å². The number of amides is 1. The summed E-state index contributed by atoms with van der Waals surface area (Å²) in [6.45, 7) is 2.02. The molecular formula is C24H24N4O5S. The molecule has 0 saturated carbocycles. The predicted octanol–water partition coefficient (Wildman–Crippen LogP) is 4.47. The van der Waals surface area contributed by atoms with Gasteiger partial charge in [0.2, 0.25) is 10.0 Å². The summed E-state index contributed by atoms with van der Waals surface area (Å²) in [5.41, 5.74) is 1.70. The number of piperidine rings is 1. The molecule has 0 unspecified atom stereocenters. The van der Waals surface area contributed by atoms with Gasteiger partial charge in [0.1, 0.15) is 0 Å². The van der Waals surface area contributed by atoms with Gasteiger partial charge in [-0.05, 0) is 61.7 Å². The highest BCUT2D eigenvalue weighted by atomic mass is 32.2. The molecule has 1 N–H and O–H groups in total. The third kappa shape index (κ3) is 4.82. The number of pyridine rings is 1. The summed E-state index contributed by atoms with van der Waals surface area (Å²) in [5.74, 6) is -0.522. The summed E-state index contributed by atoms with van der Waals surface area (Å²) in [6.07, 6.45) is 5.81. The van der Waals surface area contributed by atoms with Gasteiger partial charge in [-0.25, -0.2) is 8.42 Å².